The summed E-state index contributed by atoms with van der Waals surface area (Å²) in [7, 11) is -2.33. The van der Waals surface area contributed by atoms with Crippen LogP contribution in [0.4, 0.5) is 14.5 Å². The van der Waals surface area contributed by atoms with Crippen molar-refractivity contribution in [2.45, 2.75) is 23.8 Å². The third kappa shape index (κ3) is 5.93. The van der Waals surface area contributed by atoms with E-state index in [0.717, 1.165) is 40.5 Å². The van der Waals surface area contributed by atoms with Crippen LogP contribution in [0.25, 0.3) is 10.2 Å². The lowest BCUT2D eigenvalue weighted by atomic mass is 10.2. The summed E-state index contributed by atoms with van der Waals surface area (Å²) in [5, 5.41) is 16.3. The Labute approximate surface area is 236 Å². The van der Waals surface area contributed by atoms with E-state index in [4.69, 9.17) is 4.74 Å². The fraction of sp³-hybridized carbons (Fsp3) is 0.240. The molecule has 0 spiro atoms. The minimum absolute atomic E-state index is 0.0148. The first kappa shape index (κ1) is 27.9. The molecule has 1 aliphatic heterocycles. The summed E-state index contributed by atoms with van der Waals surface area (Å²) in [6.07, 6.45) is 2.82. The number of nitrogens with zero attached hydrogens (tertiary/aromatic N) is 5. The van der Waals surface area contributed by atoms with Crippen LogP contribution in [0.2, 0.25) is 0 Å². The molecule has 0 aliphatic carbocycles. The maximum Gasteiger partial charge on any atom is 0.324 e. The first-order chi connectivity index (χ1) is 19.1. The number of rotatable bonds is 9. The molecule has 1 atom stereocenters. The topological polar surface area (TPSA) is 135 Å². The van der Waals surface area contributed by atoms with Gasteiger partial charge in [0.25, 0.3) is 5.91 Å². The molecular formula is C25H22FN5O6S3. The number of halogens is 1. The number of fused-ring (bicyclic) bond motifs is 1. The highest BCUT2D eigenvalue weighted by atomic mass is 32.2. The van der Waals surface area contributed by atoms with Crippen molar-refractivity contribution in [1.82, 2.24) is 9.29 Å². The van der Waals surface area contributed by atoms with Gasteiger partial charge < -0.3 is 4.74 Å². The highest BCUT2D eigenvalue weighted by molar-refractivity contribution is 7.89. The van der Waals surface area contributed by atoms with Crippen molar-refractivity contribution in [3.05, 3.63) is 81.0 Å². The average Bonchev–Trinajstić information content (AvgIpc) is 3.70. The first-order valence-electron chi connectivity index (χ1n) is 12.0. The molecule has 0 N–H and O–H groups in total. The van der Waals surface area contributed by atoms with Crippen LogP contribution >= 0.6 is 22.7 Å². The Morgan fingerprint density at radius 1 is 1.23 bits per heavy atom. The number of sulfonamides is 1. The molecule has 1 amide bonds. The van der Waals surface area contributed by atoms with E-state index < -0.39 is 26.7 Å². The molecule has 0 bridgehead atoms. The van der Waals surface area contributed by atoms with Gasteiger partial charge >= 0.3 is 5.00 Å². The number of likely N-dealkylation sites (N-methyl/N-ethyl adjacent to an activating group) is 1. The van der Waals surface area contributed by atoms with Gasteiger partial charge in [0.15, 0.2) is 0 Å². The summed E-state index contributed by atoms with van der Waals surface area (Å²) in [5.74, 6) is -1.09. The minimum atomic E-state index is -3.81. The molecule has 40 heavy (non-hydrogen) atoms. The molecule has 15 heteroatoms. The van der Waals surface area contributed by atoms with Crippen molar-refractivity contribution in [3.63, 3.8) is 0 Å². The quantitative estimate of drug-likeness (QED) is 0.151. The number of hydrazone groups is 1. The maximum atomic E-state index is 13.8. The number of hydrogen-bond donors (Lipinski definition) is 0. The number of benzene rings is 2. The van der Waals surface area contributed by atoms with Crippen molar-refractivity contribution in [2.75, 3.05) is 25.2 Å². The van der Waals surface area contributed by atoms with Crippen molar-refractivity contribution in [2.24, 2.45) is 5.10 Å². The van der Waals surface area contributed by atoms with E-state index in [1.165, 1.54) is 72.2 Å². The van der Waals surface area contributed by atoms with Gasteiger partial charge in [-0.25, -0.2) is 17.8 Å². The highest BCUT2D eigenvalue weighted by Crippen LogP contribution is 2.31. The Kier molecular flexibility index (Phi) is 8.00. The summed E-state index contributed by atoms with van der Waals surface area (Å²) in [5.41, 5.74) is 0.581. The molecule has 4 aromatic rings. The zero-order valence-corrected chi connectivity index (χ0v) is 23.4. The lowest BCUT2D eigenvalue weighted by Gasteiger charge is -2.20. The molecule has 0 radical (unpaired) electrons. The smallest absolute Gasteiger partial charge is 0.324 e. The second kappa shape index (κ2) is 11.5. The Bertz CT molecular complexity index is 1700. The second-order valence-electron chi connectivity index (χ2n) is 8.85. The molecule has 5 rings (SSSR count). The van der Waals surface area contributed by atoms with Crippen LogP contribution in [-0.2, 0) is 14.8 Å². The summed E-state index contributed by atoms with van der Waals surface area (Å²) in [6.45, 7) is 0.839. The lowest BCUT2D eigenvalue weighted by Crippen LogP contribution is -2.34. The van der Waals surface area contributed by atoms with Gasteiger partial charge in [0, 0.05) is 31.8 Å². The Hall–Kier alpha value is -3.63. The number of ether oxygens (including phenoxy) is 1. The van der Waals surface area contributed by atoms with Crippen LogP contribution in [-0.4, -0.2) is 61.1 Å². The number of anilines is 1. The molecule has 1 fully saturated rings. The largest absolute Gasteiger partial charge is 0.377 e. The van der Waals surface area contributed by atoms with E-state index in [9.17, 15) is 27.7 Å². The van der Waals surface area contributed by atoms with E-state index in [2.05, 4.69) is 10.1 Å². The van der Waals surface area contributed by atoms with Crippen LogP contribution in [0.5, 0.6) is 0 Å². The number of nitro groups is 1. The zero-order chi connectivity index (χ0) is 28.4. The first-order valence-corrected chi connectivity index (χ1v) is 15.1. The highest BCUT2D eigenvalue weighted by Gasteiger charge is 2.27. The molecule has 1 saturated heterocycles. The van der Waals surface area contributed by atoms with Crippen molar-refractivity contribution < 1.29 is 27.3 Å². The summed E-state index contributed by atoms with van der Waals surface area (Å²) in [6, 6.07) is 12.3. The fourth-order valence-corrected chi connectivity index (χ4v) is 6.87. The molecule has 1 unspecified atom stereocenters. The van der Waals surface area contributed by atoms with Gasteiger partial charge in [0.1, 0.15) is 5.82 Å². The normalized spacial score (nSPS) is 15.8. The Morgan fingerprint density at radius 2 is 2.00 bits per heavy atom. The molecular weight excluding hydrogens is 582 g/mol. The van der Waals surface area contributed by atoms with Crippen molar-refractivity contribution >= 4 is 65.2 Å². The molecule has 2 aromatic carbocycles. The van der Waals surface area contributed by atoms with Gasteiger partial charge in [-0.15, -0.1) is 0 Å². The molecule has 3 heterocycles. The minimum Gasteiger partial charge on any atom is -0.377 e. The standard InChI is InChI=1S/C25H22FN5O6S3/c1-29(15-18-3-2-12-37-18)40(35,36)20-8-4-16(5-9-20)24(32)30(27-14-19-7-11-23(38-19)31(33)34)25-28-21-10-6-17(26)13-22(21)39-25/h4-11,13-14,18H,2-3,12,15H2,1H3/b27-14+. The van der Waals surface area contributed by atoms with Gasteiger partial charge in [-0.1, -0.05) is 22.7 Å². The predicted octanol–water partition coefficient (Wildman–Crippen LogP) is 4.89. The third-order valence-electron chi connectivity index (χ3n) is 6.10. The number of aromatic nitrogens is 1. The van der Waals surface area contributed by atoms with Gasteiger partial charge in [0.2, 0.25) is 15.2 Å². The maximum absolute atomic E-state index is 13.8. The van der Waals surface area contributed by atoms with E-state index in [1.54, 1.807) is 0 Å². The number of amides is 1. The number of thiazole rings is 1. The van der Waals surface area contributed by atoms with Crippen molar-refractivity contribution in [3.8, 4) is 0 Å². The molecule has 2 aromatic heterocycles. The number of thiophene rings is 1. The molecule has 1 aliphatic rings. The van der Waals surface area contributed by atoms with Gasteiger partial charge in [-0.3, -0.25) is 14.9 Å². The SMILES string of the molecule is CN(CC1CCCO1)S(=O)(=O)c1ccc(C(=O)N(/N=C/c2ccc([N+](=O)[O-])s2)c2nc3ccc(F)cc3s2)cc1. The fourth-order valence-electron chi connectivity index (χ4n) is 4.03. The average molecular weight is 604 g/mol. The lowest BCUT2D eigenvalue weighted by molar-refractivity contribution is -0.380. The van der Waals surface area contributed by atoms with E-state index in [1.807, 2.05) is 0 Å². The van der Waals surface area contributed by atoms with E-state index >= 15 is 0 Å². The van der Waals surface area contributed by atoms with E-state index in [-0.39, 0.29) is 33.2 Å². The zero-order valence-electron chi connectivity index (χ0n) is 21.0. The van der Waals surface area contributed by atoms with Crippen LogP contribution in [0.1, 0.15) is 28.1 Å². The van der Waals surface area contributed by atoms with Crippen molar-refractivity contribution in [1.29, 1.82) is 0 Å². The summed E-state index contributed by atoms with van der Waals surface area (Å²) >= 11 is 1.91. The Morgan fingerprint density at radius 3 is 2.67 bits per heavy atom. The summed E-state index contributed by atoms with van der Waals surface area (Å²) in [4.78, 5) is 28.9. The van der Waals surface area contributed by atoms with Crippen LogP contribution in [0.3, 0.4) is 0 Å². The molecule has 208 valence electrons. The van der Waals surface area contributed by atoms with Gasteiger partial charge in [-0.2, -0.15) is 14.4 Å². The predicted molar refractivity (Wildman–Crippen MR) is 150 cm³/mol. The van der Waals surface area contributed by atoms with E-state index in [0.29, 0.717) is 21.7 Å². The second-order valence-corrected chi connectivity index (χ2v) is 13.0. The Balaban J connectivity index is 1.43. The van der Waals surface area contributed by atoms with Crippen LogP contribution in [0, 0.1) is 15.9 Å². The number of hydrogen-bond acceptors (Lipinski definition) is 10. The number of carbonyl (C=O) groups excluding carboxylic acids is 1. The molecule has 11 nitrogen and oxygen atoms in total. The molecule has 0 saturated carbocycles. The third-order valence-corrected chi connectivity index (χ3v) is 9.90. The van der Waals surface area contributed by atoms with Gasteiger partial charge in [-0.05, 0) is 61.4 Å². The van der Waals surface area contributed by atoms with Crippen LogP contribution in [0.15, 0.2) is 64.6 Å². The monoisotopic (exact) mass is 603 g/mol. The summed E-state index contributed by atoms with van der Waals surface area (Å²) < 4.78 is 47.2. The number of carbonyl (C=O) groups is 1. The van der Waals surface area contributed by atoms with Gasteiger partial charge in [0.05, 0.1) is 37.2 Å². The van der Waals surface area contributed by atoms with Crippen LogP contribution < -0.4 is 5.01 Å².